The number of hydrogen-bond acceptors (Lipinski definition) is 1. The van der Waals surface area contributed by atoms with Gasteiger partial charge in [0.05, 0.1) is 0 Å². The maximum Gasteiger partial charge on any atom is 0.0412 e. The summed E-state index contributed by atoms with van der Waals surface area (Å²) in [7, 11) is 1.90. The standard InChI is InChI=1S/C10H12ClN/c1-8(7-12-2)9-4-3-5-10(11)6-9/h3-6,12H,1,7H2,2H3. The lowest BCUT2D eigenvalue weighted by Gasteiger charge is -2.04. The third-order valence-corrected chi connectivity index (χ3v) is 1.86. The first kappa shape index (κ1) is 9.30. The normalized spacial score (nSPS) is 9.83. The predicted octanol–water partition coefficient (Wildman–Crippen LogP) is 2.57. The van der Waals surface area contributed by atoms with E-state index in [1.165, 1.54) is 0 Å². The molecule has 0 radical (unpaired) electrons. The van der Waals surface area contributed by atoms with E-state index in [0.29, 0.717) is 0 Å². The quantitative estimate of drug-likeness (QED) is 0.756. The van der Waals surface area contributed by atoms with Gasteiger partial charge in [0.25, 0.3) is 0 Å². The number of rotatable bonds is 3. The van der Waals surface area contributed by atoms with Crippen LogP contribution >= 0.6 is 11.6 Å². The van der Waals surface area contributed by atoms with E-state index in [-0.39, 0.29) is 0 Å². The van der Waals surface area contributed by atoms with Gasteiger partial charge in [-0.3, -0.25) is 0 Å². The summed E-state index contributed by atoms with van der Waals surface area (Å²) < 4.78 is 0. The molecule has 1 rings (SSSR count). The van der Waals surface area contributed by atoms with Crippen LogP contribution in [-0.2, 0) is 0 Å². The first-order valence-corrected chi connectivity index (χ1v) is 4.20. The Morgan fingerprint density at radius 1 is 1.58 bits per heavy atom. The first-order chi connectivity index (χ1) is 5.74. The van der Waals surface area contributed by atoms with Gasteiger partial charge in [-0.25, -0.2) is 0 Å². The van der Waals surface area contributed by atoms with Crippen LogP contribution in [0.3, 0.4) is 0 Å². The molecule has 0 saturated carbocycles. The third kappa shape index (κ3) is 2.36. The second kappa shape index (κ2) is 4.29. The Balaban J connectivity index is 2.81. The minimum absolute atomic E-state index is 0.754. The molecule has 0 heterocycles. The van der Waals surface area contributed by atoms with Crippen LogP contribution in [0.15, 0.2) is 30.8 Å². The van der Waals surface area contributed by atoms with E-state index < -0.39 is 0 Å². The second-order valence-corrected chi connectivity index (χ2v) is 3.08. The van der Waals surface area contributed by atoms with Crippen LogP contribution < -0.4 is 5.32 Å². The van der Waals surface area contributed by atoms with Gasteiger partial charge in [-0.05, 0) is 30.3 Å². The lowest BCUT2D eigenvalue weighted by atomic mass is 10.1. The van der Waals surface area contributed by atoms with Crippen molar-refractivity contribution in [2.24, 2.45) is 0 Å². The van der Waals surface area contributed by atoms with E-state index in [0.717, 1.165) is 22.7 Å². The van der Waals surface area contributed by atoms with Gasteiger partial charge in [-0.2, -0.15) is 0 Å². The molecule has 12 heavy (non-hydrogen) atoms. The van der Waals surface area contributed by atoms with Gasteiger partial charge in [-0.1, -0.05) is 30.3 Å². The van der Waals surface area contributed by atoms with Gasteiger partial charge in [0.2, 0.25) is 0 Å². The van der Waals surface area contributed by atoms with Crippen LogP contribution in [0.25, 0.3) is 5.57 Å². The van der Waals surface area contributed by atoms with Crippen LogP contribution in [0.2, 0.25) is 5.02 Å². The smallest absolute Gasteiger partial charge is 0.0412 e. The third-order valence-electron chi connectivity index (χ3n) is 1.62. The van der Waals surface area contributed by atoms with E-state index in [1.807, 2.05) is 31.3 Å². The SMILES string of the molecule is C=C(CNC)c1cccc(Cl)c1. The minimum atomic E-state index is 0.754. The average molecular weight is 182 g/mol. The monoisotopic (exact) mass is 181 g/mol. The van der Waals surface area contributed by atoms with Crippen LogP contribution in [0.5, 0.6) is 0 Å². The van der Waals surface area contributed by atoms with Gasteiger partial charge in [0.1, 0.15) is 0 Å². The molecule has 0 amide bonds. The highest BCUT2D eigenvalue weighted by atomic mass is 35.5. The van der Waals surface area contributed by atoms with Crippen LogP contribution in [-0.4, -0.2) is 13.6 Å². The molecule has 0 spiro atoms. The molecule has 0 aromatic heterocycles. The Hall–Kier alpha value is -0.790. The summed E-state index contributed by atoms with van der Waals surface area (Å²) in [4.78, 5) is 0. The van der Waals surface area contributed by atoms with Crippen LogP contribution in [0, 0.1) is 0 Å². The maximum atomic E-state index is 5.83. The van der Waals surface area contributed by atoms with Crippen molar-refractivity contribution in [3.05, 3.63) is 41.4 Å². The zero-order chi connectivity index (χ0) is 8.97. The highest BCUT2D eigenvalue weighted by Gasteiger charge is 1.97. The van der Waals surface area contributed by atoms with Gasteiger partial charge < -0.3 is 5.32 Å². The fraction of sp³-hybridized carbons (Fsp3) is 0.200. The van der Waals surface area contributed by atoms with Crippen molar-refractivity contribution in [1.82, 2.24) is 5.32 Å². The fourth-order valence-electron chi connectivity index (χ4n) is 1.02. The zero-order valence-corrected chi connectivity index (χ0v) is 7.86. The van der Waals surface area contributed by atoms with Gasteiger partial charge >= 0.3 is 0 Å². The average Bonchev–Trinajstić information content (AvgIpc) is 2.05. The van der Waals surface area contributed by atoms with Gasteiger partial charge in [0.15, 0.2) is 0 Å². The van der Waals surface area contributed by atoms with E-state index in [1.54, 1.807) is 0 Å². The molecule has 0 saturated heterocycles. The Morgan fingerprint density at radius 3 is 2.92 bits per heavy atom. The van der Waals surface area contributed by atoms with Crippen molar-refractivity contribution < 1.29 is 0 Å². The van der Waals surface area contributed by atoms with Crippen LogP contribution in [0.1, 0.15) is 5.56 Å². The summed E-state index contributed by atoms with van der Waals surface area (Å²) in [5, 5.41) is 3.80. The van der Waals surface area contributed by atoms with Crippen molar-refractivity contribution in [3.63, 3.8) is 0 Å². The maximum absolute atomic E-state index is 5.83. The van der Waals surface area contributed by atoms with Crippen molar-refractivity contribution in [2.75, 3.05) is 13.6 Å². The van der Waals surface area contributed by atoms with Gasteiger partial charge in [0, 0.05) is 11.6 Å². The topological polar surface area (TPSA) is 12.0 Å². The Labute approximate surface area is 78.1 Å². The van der Waals surface area contributed by atoms with Crippen molar-refractivity contribution in [1.29, 1.82) is 0 Å². The highest BCUT2D eigenvalue weighted by molar-refractivity contribution is 6.30. The highest BCUT2D eigenvalue weighted by Crippen LogP contribution is 2.16. The Bertz CT molecular complexity index is 281. The summed E-state index contributed by atoms with van der Waals surface area (Å²) in [5.41, 5.74) is 2.15. The summed E-state index contributed by atoms with van der Waals surface area (Å²) in [5.74, 6) is 0. The molecule has 0 aliphatic rings. The Morgan fingerprint density at radius 2 is 2.33 bits per heavy atom. The van der Waals surface area contributed by atoms with Crippen LogP contribution in [0.4, 0.5) is 0 Å². The van der Waals surface area contributed by atoms with E-state index in [4.69, 9.17) is 11.6 Å². The predicted molar refractivity (Wildman–Crippen MR) is 54.4 cm³/mol. The molecule has 0 atom stereocenters. The lowest BCUT2D eigenvalue weighted by Crippen LogP contribution is -2.08. The summed E-state index contributed by atoms with van der Waals surface area (Å²) in [6.45, 7) is 4.73. The van der Waals surface area contributed by atoms with E-state index in [9.17, 15) is 0 Å². The fourth-order valence-corrected chi connectivity index (χ4v) is 1.21. The molecule has 1 nitrogen and oxygen atoms in total. The lowest BCUT2D eigenvalue weighted by molar-refractivity contribution is 0.933. The minimum Gasteiger partial charge on any atom is -0.316 e. The van der Waals surface area contributed by atoms with Crippen molar-refractivity contribution in [3.8, 4) is 0 Å². The molecular weight excluding hydrogens is 170 g/mol. The van der Waals surface area contributed by atoms with Crippen molar-refractivity contribution >= 4 is 17.2 Å². The number of likely N-dealkylation sites (N-methyl/N-ethyl adjacent to an activating group) is 1. The molecule has 0 aliphatic heterocycles. The number of halogens is 1. The summed E-state index contributed by atoms with van der Waals surface area (Å²) >= 11 is 5.83. The molecule has 0 aliphatic carbocycles. The molecule has 0 unspecified atom stereocenters. The summed E-state index contributed by atoms with van der Waals surface area (Å²) in [6.07, 6.45) is 0. The number of benzene rings is 1. The molecule has 1 aromatic carbocycles. The molecule has 1 aromatic rings. The molecule has 0 fully saturated rings. The van der Waals surface area contributed by atoms with E-state index >= 15 is 0 Å². The van der Waals surface area contributed by atoms with E-state index in [2.05, 4.69) is 11.9 Å². The number of hydrogen-bond donors (Lipinski definition) is 1. The molecule has 0 bridgehead atoms. The molecule has 2 heteroatoms. The van der Waals surface area contributed by atoms with Crippen molar-refractivity contribution in [2.45, 2.75) is 0 Å². The largest absolute Gasteiger partial charge is 0.316 e. The van der Waals surface area contributed by atoms with Gasteiger partial charge in [-0.15, -0.1) is 0 Å². The zero-order valence-electron chi connectivity index (χ0n) is 7.10. The summed E-state index contributed by atoms with van der Waals surface area (Å²) in [6, 6.07) is 7.71. The molecule has 64 valence electrons. The molecule has 1 N–H and O–H groups in total. The Kier molecular flexibility index (Phi) is 3.32. The first-order valence-electron chi connectivity index (χ1n) is 3.82. The molecular formula is C10H12ClN. The second-order valence-electron chi connectivity index (χ2n) is 2.64. The number of nitrogens with one attached hydrogen (secondary N) is 1.